The molecule has 0 bridgehead atoms. The minimum atomic E-state index is 1.09. The van der Waals surface area contributed by atoms with E-state index >= 15 is 0 Å². The summed E-state index contributed by atoms with van der Waals surface area (Å²) in [5.74, 6) is 0. The van der Waals surface area contributed by atoms with Crippen molar-refractivity contribution < 1.29 is 0 Å². The zero-order valence-corrected chi connectivity index (χ0v) is 35.1. The van der Waals surface area contributed by atoms with Crippen molar-refractivity contribution in [3.63, 3.8) is 0 Å². The number of anilines is 3. The minimum Gasteiger partial charge on any atom is -0.310 e. The number of benzene rings is 11. The van der Waals surface area contributed by atoms with Crippen molar-refractivity contribution in [2.75, 3.05) is 4.90 Å². The molecular weight excluding hydrogens is 773 g/mol. The monoisotopic (exact) mass is 814 g/mol. The van der Waals surface area contributed by atoms with E-state index in [1.165, 1.54) is 76.7 Å². The van der Waals surface area contributed by atoms with Crippen molar-refractivity contribution >= 4 is 60.4 Å². The Bertz CT molecular complexity index is 3660. The average molecular weight is 815 g/mol. The highest BCUT2D eigenvalue weighted by atomic mass is 15.1. The lowest BCUT2D eigenvalue weighted by atomic mass is 9.93. The van der Waals surface area contributed by atoms with Crippen molar-refractivity contribution in [2.24, 2.45) is 0 Å². The number of hydrogen-bond donors (Lipinski definition) is 0. The number of fused-ring (bicyclic) bond motifs is 6. The van der Waals surface area contributed by atoms with Gasteiger partial charge in [0.25, 0.3) is 0 Å². The van der Waals surface area contributed by atoms with Crippen molar-refractivity contribution in [2.45, 2.75) is 0 Å². The van der Waals surface area contributed by atoms with Gasteiger partial charge in [0.2, 0.25) is 0 Å². The second-order valence-electron chi connectivity index (χ2n) is 16.5. The van der Waals surface area contributed by atoms with E-state index in [1.54, 1.807) is 0 Å². The summed E-state index contributed by atoms with van der Waals surface area (Å²) in [6.45, 7) is 0. The molecule has 64 heavy (non-hydrogen) atoms. The first kappa shape index (κ1) is 37.3. The number of aromatic nitrogens is 1. The van der Waals surface area contributed by atoms with E-state index in [0.29, 0.717) is 0 Å². The summed E-state index contributed by atoms with van der Waals surface area (Å²) in [7, 11) is 0. The average Bonchev–Trinajstić information content (AvgIpc) is 3.72. The van der Waals surface area contributed by atoms with Gasteiger partial charge in [0, 0.05) is 33.4 Å². The van der Waals surface area contributed by atoms with E-state index in [4.69, 9.17) is 0 Å². The van der Waals surface area contributed by atoms with Crippen molar-refractivity contribution in [1.29, 1.82) is 0 Å². The van der Waals surface area contributed by atoms with Gasteiger partial charge in [0.15, 0.2) is 0 Å². The Morgan fingerprint density at radius 1 is 0.281 bits per heavy atom. The number of para-hydroxylation sites is 3. The highest BCUT2D eigenvalue weighted by Crippen LogP contribution is 2.44. The van der Waals surface area contributed by atoms with E-state index in [0.717, 1.165) is 33.9 Å². The molecule has 0 amide bonds. The second kappa shape index (κ2) is 15.8. The zero-order chi connectivity index (χ0) is 42.4. The standard InChI is InChI=1S/C62H42N2/c1-3-18-43(19-4-1)53-28-11-13-33-59(53)63(50-38-36-44(37-39-50)58-42-48-20-7-8-27-52(48)55-29-9-10-30-56(55)58)51-26-16-22-46(41-51)45-21-15-23-47(40-45)54-32-17-35-61-62(54)57-31-12-14-34-60(57)64(61)49-24-5-2-6-25-49/h1-42H. The molecule has 0 radical (unpaired) electrons. The van der Waals surface area contributed by atoms with Gasteiger partial charge in [-0.2, -0.15) is 0 Å². The van der Waals surface area contributed by atoms with Gasteiger partial charge in [0.05, 0.1) is 16.7 Å². The van der Waals surface area contributed by atoms with E-state index in [-0.39, 0.29) is 0 Å². The van der Waals surface area contributed by atoms with Crippen LogP contribution in [0, 0.1) is 0 Å². The maximum Gasteiger partial charge on any atom is 0.0547 e. The highest BCUT2D eigenvalue weighted by Gasteiger charge is 2.20. The smallest absolute Gasteiger partial charge is 0.0547 e. The number of hydrogen-bond acceptors (Lipinski definition) is 1. The largest absolute Gasteiger partial charge is 0.310 e. The Balaban J connectivity index is 0.987. The van der Waals surface area contributed by atoms with Crippen LogP contribution >= 0.6 is 0 Å². The molecule has 0 aliphatic heterocycles. The van der Waals surface area contributed by atoms with Crippen LogP contribution in [-0.4, -0.2) is 4.57 Å². The molecule has 12 aromatic rings. The van der Waals surface area contributed by atoms with Crippen LogP contribution in [0.5, 0.6) is 0 Å². The predicted molar refractivity (Wildman–Crippen MR) is 272 cm³/mol. The molecule has 1 aromatic heterocycles. The second-order valence-corrected chi connectivity index (χ2v) is 16.5. The summed E-state index contributed by atoms with van der Waals surface area (Å²) in [5.41, 5.74) is 16.3. The molecule has 300 valence electrons. The fourth-order valence-electron chi connectivity index (χ4n) is 9.85. The maximum absolute atomic E-state index is 2.41. The van der Waals surface area contributed by atoms with Gasteiger partial charge in [-0.3, -0.25) is 0 Å². The zero-order valence-electron chi connectivity index (χ0n) is 35.1. The molecule has 0 fully saturated rings. The molecule has 0 atom stereocenters. The molecule has 2 heteroatoms. The van der Waals surface area contributed by atoms with E-state index < -0.39 is 0 Å². The van der Waals surface area contributed by atoms with Crippen molar-refractivity contribution in [1.82, 2.24) is 4.57 Å². The van der Waals surface area contributed by atoms with Gasteiger partial charge >= 0.3 is 0 Å². The van der Waals surface area contributed by atoms with E-state index in [1.807, 2.05) is 0 Å². The van der Waals surface area contributed by atoms with E-state index in [2.05, 4.69) is 264 Å². The SMILES string of the molecule is c1ccc(-c2ccccc2N(c2ccc(-c3cc4ccccc4c4ccccc34)cc2)c2cccc(-c3cccc(-c4cccc5c4c4ccccc4n5-c4ccccc4)c3)c2)cc1. The molecule has 0 N–H and O–H groups in total. The van der Waals surface area contributed by atoms with Gasteiger partial charge in [-0.05, 0) is 127 Å². The Morgan fingerprint density at radius 2 is 0.844 bits per heavy atom. The number of nitrogens with zero attached hydrogens (tertiary/aromatic N) is 2. The molecule has 1 heterocycles. The Labute approximate surface area is 373 Å². The summed E-state index contributed by atoms with van der Waals surface area (Å²) < 4.78 is 2.39. The summed E-state index contributed by atoms with van der Waals surface area (Å²) in [4.78, 5) is 2.41. The first-order chi connectivity index (χ1) is 31.8. The van der Waals surface area contributed by atoms with Gasteiger partial charge in [-0.15, -0.1) is 0 Å². The molecule has 0 saturated heterocycles. The first-order valence-electron chi connectivity index (χ1n) is 22.0. The lowest BCUT2D eigenvalue weighted by molar-refractivity contribution is 1.18. The van der Waals surface area contributed by atoms with Crippen molar-refractivity contribution in [3.8, 4) is 50.2 Å². The first-order valence-corrected chi connectivity index (χ1v) is 22.0. The van der Waals surface area contributed by atoms with Gasteiger partial charge < -0.3 is 9.47 Å². The number of rotatable bonds is 8. The Kier molecular flexibility index (Phi) is 9.20. The fourth-order valence-corrected chi connectivity index (χ4v) is 9.85. The maximum atomic E-state index is 2.41. The molecular formula is C62H42N2. The molecule has 0 aliphatic rings. The minimum absolute atomic E-state index is 1.09. The third kappa shape index (κ3) is 6.44. The van der Waals surface area contributed by atoms with Crippen LogP contribution in [0.25, 0.3) is 93.5 Å². The molecule has 2 nitrogen and oxygen atoms in total. The summed E-state index contributed by atoms with van der Waals surface area (Å²) >= 11 is 0. The molecule has 0 unspecified atom stereocenters. The quantitative estimate of drug-likeness (QED) is 0.139. The van der Waals surface area contributed by atoms with Crippen LogP contribution in [0.15, 0.2) is 255 Å². The molecule has 0 spiro atoms. The van der Waals surface area contributed by atoms with Crippen LogP contribution in [0.4, 0.5) is 17.1 Å². The lowest BCUT2D eigenvalue weighted by Gasteiger charge is -2.28. The Hall–Kier alpha value is -8.46. The normalized spacial score (nSPS) is 11.4. The van der Waals surface area contributed by atoms with Gasteiger partial charge in [0.1, 0.15) is 0 Å². The summed E-state index contributed by atoms with van der Waals surface area (Å²) in [6.07, 6.45) is 0. The summed E-state index contributed by atoms with van der Waals surface area (Å²) in [5, 5.41) is 7.56. The highest BCUT2D eigenvalue weighted by molar-refractivity contribution is 6.16. The fraction of sp³-hybridized carbons (Fsp3) is 0. The van der Waals surface area contributed by atoms with Crippen molar-refractivity contribution in [3.05, 3.63) is 255 Å². The third-order valence-electron chi connectivity index (χ3n) is 12.8. The Morgan fingerprint density at radius 3 is 1.67 bits per heavy atom. The van der Waals surface area contributed by atoms with E-state index in [9.17, 15) is 0 Å². The topological polar surface area (TPSA) is 8.17 Å². The van der Waals surface area contributed by atoms with Crippen LogP contribution < -0.4 is 4.90 Å². The summed E-state index contributed by atoms with van der Waals surface area (Å²) in [6, 6.07) is 92.6. The molecule has 0 saturated carbocycles. The van der Waals surface area contributed by atoms with Crippen LogP contribution in [0.2, 0.25) is 0 Å². The van der Waals surface area contributed by atoms with Crippen LogP contribution in [-0.2, 0) is 0 Å². The third-order valence-corrected chi connectivity index (χ3v) is 12.8. The lowest BCUT2D eigenvalue weighted by Crippen LogP contribution is -2.11. The van der Waals surface area contributed by atoms with Crippen LogP contribution in [0.1, 0.15) is 0 Å². The van der Waals surface area contributed by atoms with Gasteiger partial charge in [-0.25, -0.2) is 0 Å². The molecule has 11 aromatic carbocycles. The molecule has 12 rings (SSSR count). The van der Waals surface area contributed by atoms with Crippen LogP contribution in [0.3, 0.4) is 0 Å². The predicted octanol–water partition coefficient (Wildman–Crippen LogP) is 17.2. The molecule has 0 aliphatic carbocycles. The van der Waals surface area contributed by atoms with Gasteiger partial charge in [-0.1, -0.05) is 188 Å².